The molecule has 0 fully saturated rings. The first-order valence-corrected chi connectivity index (χ1v) is 19.8. The maximum absolute atomic E-state index is 7.13. The Morgan fingerprint density at radius 1 is 0.357 bits per heavy atom. The highest BCUT2D eigenvalue weighted by atomic mass is 32.1. The Morgan fingerprint density at radius 2 is 0.500 bits per heavy atom. The summed E-state index contributed by atoms with van der Waals surface area (Å²) in [7, 11) is 4.94. The van der Waals surface area contributed by atoms with Crippen LogP contribution >= 0.6 is 0 Å². The fourth-order valence-corrected chi connectivity index (χ4v) is 6.29. The van der Waals surface area contributed by atoms with Crippen molar-refractivity contribution in [2.75, 3.05) is 27.2 Å². The molecule has 0 aliphatic rings. The normalized spacial score (nSPS) is 11.3. The van der Waals surface area contributed by atoms with E-state index < -0.39 is 0 Å². The summed E-state index contributed by atoms with van der Waals surface area (Å²) in [5, 5.41) is 8.47. The summed E-state index contributed by atoms with van der Waals surface area (Å²) in [4.78, 5) is 0. The van der Waals surface area contributed by atoms with Crippen molar-refractivity contribution in [1.29, 1.82) is 5.26 Å². The van der Waals surface area contributed by atoms with Gasteiger partial charge in [0.05, 0.1) is 27.2 Å². The van der Waals surface area contributed by atoms with Gasteiger partial charge in [0.2, 0.25) is 0 Å². The number of quaternary nitrogens is 1. The van der Waals surface area contributed by atoms with Crippen LogP contribution in [0.4, 0.5) is 0 Å². The van der Waals surface area contributed by atoms with E-state index in [0.29, 0.717) is 0 Å². The summed E-state index contributed by atoms with van der Waals surface area (Å²) in [5.41, 5.74) is 0. The van der Waals surface area contributed by atoms with Crippen LogP contribution in [0.2, 0.25) is 0 Å². The molecule has 2 nitrogen and oxygen atoms in total. The summed E-state index contributed by atoms with van der Waals surface area (Å²) in [6.07, 6.45) is 46.9. The molecule has 0 aromatic carbocycles. The number of unbranched alkanes of at least 4 members (excludes halogenated alkanes) is 30. The Bertz CT molecular complexity index is 475. The van der Waals surface area contributed by atoms with E-state index in [2.05, 4.69) is 40.6 Å². The molecule has 0 spiro atoms. The van der Waals surface area contributed by atoms with Gasteiger partial charge in [-0.25, -0.2) is 5.26 Å². The van der Waals surface area contributed by atoms with Crippen LogP contribution in [-0.4, -0.2) is 31.7 Å². The molecule has 0 amide bonds. The third-order valence-corrected chi connectivity index (χ3v) is 9.23. The molecule has 0 radical (unpaired) electrons. The highest BCUT2D eigenvalue weighted by Gasteiger charge is 2.13. The Labute approximate surface area is 273 Å². The molecule has 0 unspecified atom stereocenters. The maximum Gasteiger partial charge on any atom is 0.0782 e. The van der Waals surface area contributed by atoms with Crippen LogP contribution in [0.5, 0.6) is 0 Å². The molecule has 252 valence electrons. The molecule has 0 aliphatic heterocycles. The Balaban J connectivity index is 0. The zero-order chi connectivity index (χ0) is 31.2. The van der Waals surface area contributed by atoms with Gasteiger partial charge in [0.1, 0.15) is 0 Å². The number of rotatable bonds is 34. The predicted octanol–water partition coefficient (Wildman–Crippen LogP) is 13.6. The summed E-state index contributed by atoms with van der Waals surface area (Å²) < 4.78 is 1.25. The Kier molecular flexibility index (Phi) is 40.4. The van der Waals surface area contributed by atoms with Crippen LogP contribution in [-0.2, 0) is 12.6 Å². The lowest BCUT2D eigenvalue weighted by Gasteiger charge is -2.30. The van der Waals surface area contributed by atoms with Crippen molar-refractivity contribution in [2.24, 2.45) is 0 Å². The Morgan fingerprint density at radius 3 is 0.667 bits per heavy atom. The molecule has 42 heavy (non-hydrogen) atoms. The Hall–Kier alpha value is -0.330. The van der Waals surface area contributed by atoms with Gasteiger partial charge in [-0.05, 0) is 25.7 Å². The molecule has 0 N–H and O–H groups in total. The van der Waals surface area contributed by atoms with Gasteiger partial charge in [0.25, 0.3) is 0 Å². The largest absolute Gasteiger partial charge is 0.696 e. The van der Waals surface area contributed by atoms with Crippen molar-refractivity contribution >= 4 is 12.6 Å². The quantitative estimate of drug-likeness (QED) is 0.0314. The van der Waals surface area contributed by atoms with Crippen molar-refractivity contribution in [3.8, 4) is 5.40 Å². The lowest BCUT2D eigenvalue weighted by Crippen LogP contribution is -2.41. The number of nitrogens with zero attached hydrogens (tertiary/aromatic N) is 2. The average Bonchev–Trinajstić information content (AvgIpc) is 2.97. The second-order valence-electron chi connectivity index (χ2n) is 14.1. The first-order valence-electron chi connectivity index (χ1n) is 19.4. The van der Waals surface area contributed by atoms with E-state index in [1.807, 2.05) is 0 Å². The molecular formula is C39H80N2S. The van der Waals surface area contributed by atoms with Crippen molar-refractivity contribution in [3.63, 3.8) is 0 Å². The molecule has 0 aliphatic carbocycles. The molecule has 0 aromatic rings. The predicted molar refractivity (Wildman–Crippen MR) is 194 cm³/mol. The molecule has 0 bridgehead atoms. The van der Waals surface area contributed by atoms with E-state index in [4.69, 9.17) is 5.26 Å². The third kappa shape index (κ3) is 41.8. The van der Waals surface area contributed by atoms with Crippen molar-refractivity contribution in [3.05, 3.63) is 0 Å². The van der Waals surface area contributed by atoms with Crippen LogP contribution in [0.1, 0.15) is 219 Å². The van der Waals surface area contributed by atoms with E-state index in [1.54, 1.807) is 0 Å². The van der Waals surface area contributed by atoms with E-state index in [0.717, 1.165) is 0 Å². The molecule has 0 aromatic heterocycles. The lowest BCUT2D eigenvalue weighted by molar-refractivity contribution is -0.890. The minimum Gasteiger partial charge on any atom is -0.696 e. The summed E-state index contributed by atoms with van der Waals surface area (Å²) in [5.74, 6) is 0. The summed E-state index contributed by atoms with van der Waals surface area (Å²) in [6, 6.07) is 0. The van der Waals surface area contributed by atoms with Gasteiger partial charge >= 0.3 is 0 Å². The van der Waals surface area contributed by atoms with E-state index in [-0.39, 0.29) is 0 Å². The second kappa shape index (κ2) is 38.7. The van der Waals surface area contributed by atoms with Gasteiger partial charge < -0.3 is 17.1 Å². The van der Waals surface area contributed by atoms with Crippen LogP contribution in [0.15, 0.2) is 0 Å². The van der Waals surface area contributed by atoms with Crippen molar-refractivity contribution in [2.45, 2.75) is 219 Å². The van der Waals surface area contributed by atoms with Gasteiger partial charge in [-0.15, -0.1) is 0 Å². The van der Waals surface area contributed by atoms with Crippen LogP contribution < -0.4 is 0 Å². The number of nitriles is 1. The summed E-state index contributed by atoms with van der Waals surface area (Å²) in [6.45, 7) is 7.39. The maximum atomic E-state index is 7.13. The van der Waals surface area contributed by atoms with Crippen LogP contribution in [0.25, 0.3) is 0 Å². The highest BCUT2D eigenvalue weighted by Crippen LogP contribution is 2.16. The van der Waals surface area contributed by atoms with Crippen molar-refractivity contribution in [1.82, 2.24) is 0 Å². The zero-order valence-electron chi connectivity index (χ0n) is 29.8. The molecule has 0 heterocycles. The SMILES string of the molecule is CCCCCCCCCCCCCCCCCC[N+](C)(C)CCCCCCCCCCCCCCCCCC.N#C[S-]. The van der Waals surface area contributed by atoms with E-state index in [1.165, 1.54) is 228 Å². The van der Waals surface area contributed by atoms with E-state index in [9.17, 15) is 0 Å². The topological polar surface area (TPSA) is 23.8 Å². The number of thiocyanates is 1. The van der Waals surface area contributed by atoms with Crippen LogP contribution in [0.3, 0.4) is 0 Å². The fourth-order valence-electron chi connectivity index (χ4n) is 6.29. The second-order valence-corrected chi connectivity index (χ2v) is 14.3. The van der Waals surface area contributed by atoms with Crippen LogP contribution in [0, 0.1) is 10.7 Å². The van der Waals surface area contributed by atoms with Crippen molar-refractivity contribution < 1.29 is 4.48 Å². The average molecular weight is 609 g/mol. The van der Waals surface area contributed by atoms with Gasteiger partial charge in [-0.2, -0.15) is 0 Å². The standard InChI is InChI=1S/C38H80N.CHNS/c1-5-7-9-11-13-15-17-19-21-23-25-27-29-31-33-35-37-39(3,4)38-36-34-32-30-28-26-24-22-20-18-16-14-12-10-8-6-2;2-1-3/h5-38H2,1-4H3;3H/q+1;/p-1. The number of hydrogen-bond donors (Lipinski definition) is 0. The zero-order valence-corrected chi connectivity index (χ0v) is 30.7. The molecule has 0 rings (SSSR count). The lowest BCUT2D eigenvalue weighted by atomic mass is 10.0. The smallest absolute Gasteiger partial charge is 0.0782 e. The summed E-state index contributed by atoms with van der Waals surface area (Å²) >= 11 is 3.70. The first kappa shape index (κ1) is 43.8. The van der Waals surface area contributed by atoms with Gasteiger partial charge in [0.15, 0.2) is 0 Å². The highest BCUT2D eigenvalue weighted by molar-refractivity contribution is 7.64. The fraction of sp³-hybridized carbons (Fsp3) is 0.974. The monoisotopic (exact) mass is 609 g/mol. The van der Waals surface area contributed by atoms with Gasteiger partial charge in [-0.3, -0.25) is 0 Å². The first-order chi connectivity index (χ1) is 20.5. The molecule has 0 saturated carbocycles. The minimum atomic E-state index is 1.25. The number of hydrogen-bond acceptors (Lipinski definition) is 2. The molecule has 0 saturated heterocycles. The molecule has 0 atom stereocenters. The molecular weight excluding hydrogens is 529 g/mol. The molecule has 3 heteroatoms. The van der Waals surface area contributed by atoms with Gasteiger partial charge in [-0.1, -0.05) is 199 Å². The van der Waals surface area contributed by atoms with E-state index >= 15 is 0 Å². The van der Waals surface area contributed by atoms with Gasteiger partial charge in [0, 0.05) is 0 Å². The third-order valence-electron chi connectivity index (χ3n) is 9.23. The minimum absolute atomic E-state index is 1.25.